The lowest BCUT2D eigenvalue weighted by molar-refractivity contribution is -0.139. The van der Waals surface area contributed by atoms with E-state index in [1.54, 1.807) is 58.4 Å². The lowest BCUT2D eigenvalue weighted by atomic mass is 9.95. The first-order valence-electron chi connectivity index (χ1n) is 11.7. The molecular formula is C27H27ClN2O6S. The molecule has 10 heteroatoms. The molecule has 0 saturated heterocycles. The fourth-order valence-corrected chi connectivity index (χ4v) is 5.48. The Morgan fingerprint density at radius 3 is 2.46 bits per heavy atom. The molecule has 2 heterocycles. The van der Waals surface area contributed by atoms with Gasteiger partial charge in [0.15, 0.2) is 16.3 Å². The van der Waals surface area contributed by atoms with E-state index >= 15 is 0 Å². The molecule has 1 atom stereocenters. The van der Waals surface area contributed by atoms with Crippen molar-refractivity contribution in [2.45, 2.75) is 26.8 Å². The van der Waals surface area contributed by atoms with Crippen molar-refractivity contribution in [2.24, 2.45) is 4.99 Å². The zero-order valence-corrected chi connectivity index (χ0v) is 22.7. The monoisotopic (exact) mass is 542 g/mol. The summed E-state index contributed by atoms with van der Waals surface area (Å²) < 4.78 is 23.7. The number of halogens is 1. The Balaban J connectivity index is 1.94. The Morgan fingerprint density at radius 2 is 1.81 bits per heavy atom. The van der Waals surface area contributed by atoms with Gasteiger partial charge in [-0.1, -0.05) is 35.1 Å². The normalized spacial score (nSPS) is 15.2. The van der Waals surface area contributed by atoms with Gasteiger partial charge in [0.25, 0.3) is 5.56 Å². The van der Waals surface area contributed by atoms with Crippen LogP contribution in [0.5, 0.6) is 17.2 Å². The van der Waals surface area contributed by atoms with Crippen molar-refractivity contribution in [3.05, 3.63) is 83.5 Å². The second-order valence-corrected chi connectivity index (χ2v) is 9.46. The quantitative estimate of drug-likeness (QED) is 0.402. The third-order valence-corrected chi connectivity index (χ3v) is 7.07. The van der Waals surface area contributed by atoms with Gasteiger partial charge in [-0.2, -0.15) is 0 Å². The molecule has 0 radical (unpaired) electrons. The van der Waals surface area contributed by atoms with Crippen LogP contribution in [0, 0.1) is 0 Å². The first kappa shape index (κ1) is 26.5. The fourth-order valence-electron chi connectivity index (χ4n) is 4.16. The number of nitrogens with zero attached hydrogens (tertiary/aromatic N) is 2. The van der Waals surface area contributed by atoms with Gasteiger partial charge in [0, 0.05) is 0 Å². The maximum absolute atomic E-state index is 13.8. The predicted octanol–water partition coefficient (Wildman–Crippen LogP) is 3.87. The van der Waals surface area contributed by atoms with Crippen molar-refractivity contribution >= 4 is 35.0 Å². The van der Waals surface area contributed by atoms with E-state index in [0.717, 1.165) is 5.56 Å². The lowest BCUT2D eigenvalue weighted by Crippen LogP contribution is -2.40. The average molecular weight is 543 g/mol. The molecule has 0 saturated carbocycles. The molecular weight excluding hydrogens is 516 g/mol. The maximum atomic E-state index is 13.8. The third kappa shape index (κ3) is 5.14. The molecule has 1 aromatic heterocycles. The van der Waals surface area contributed by atoms with Gasteiger partial charge >= 0.3 is 5.97 Å². The Labute approximate surface area is 223 Å². The van der Waals surface area contributed by atoms with Crippen LogP contribution in [-0.2, 0) is 9.53 Å². The Bertz CT molecular complexity index is 1560. The highest BCUT2D eigenvalue weighted by atomic mass is 35.5. The number of aromatic nitrogens is 1. The highest BCUT2D eigenvalue weighted by molar-refractivity contribution is 7.07. The van der Waals surface area contributed by atoms with E-state index in [2.05, 4.69) is 4.99 Å². The smallest absolute Gasteiger partial charge is 0.338 e. The van der Waals surface area contributed by atoms with E-state index in [1.165, 1.54) is 15.9 Å². The summed E-state index contributed by atoms with van der Waals surface area (Å²) in [6.45, 7) is 5.96. The standard InChI is InChI=1S/C27H27ClN2O6S/c1-6-35-21-14-17(9-11-20(21)34-5)24-23(26(32)36-7-2)15(3)29-27-30(24)25(31)22(37-27)13-16-8-10-19(33-4)18(28)12-16/h8-14,24H,6-7H2,1-5H3/b22-13+/t24-/m1/s1. The molecule has 1 aliphatic rings. The van der Waals surface area contributed by atoms with Crippen molar-refractivity contribution in [3.63, 3.8) is 0 Å². The van der Waals surface area contributed by atoms with Crippen LogP contribution in [0.15, 0.2) is 57.5 Å². The number of rotatable bonds is 8. The van der Waals surface area contributed by atoms with E-state index < -0.39 is 12.0 Å². The number of ether oxygens (including phenoxy) is 4. The molecule has 0 aliphatic carbocycles. The highest BCUT2D eigenvalue weighted by Crippen LogP contribution is 2.36. The maximum Gasteiger partial charge on any atom is 0.338 e. The molecule has 37 heavy (non-hydrogen) atoms. The number of methoxy groups -OCH3 is 2. The van der Waals surface area contributed by atoms with Crippen LogP contribution in [0.2, 0.25) is 5.02 Å². The number of thiazole rings is 1. The van der Waals surface area contributed by atoms with Crippen LogP contribution >= 0.6 is 22.9 Å². The summed E-state index contributed by atoms with van der Waals surface area (Å²) in [4.78, 5) is 31.9. The molecule has 0 fully saturated rings. The summed E-state index contributed by atoms with van der Waals surface area (Å²) in [5.41, 5.74) is 1.89. The second-order valence-electron chi connectivity index (χ2n) is 8.04. The zero-order valence-electron chi connectivity index (χ0n) is 21.2. The SMILES string of the molecule is CCOC(=O)C1=C(C)N=c2s/c(=C/c3ccc(OC)c(Cl)c3)c(=O)n2[C@@H]1c1ccc(OC)c(OCC)c1. The number of hydrogen-bond acceptors (Lipinski definition) is 8. The summed E-state index contributed by atoms with van der Waals surface area (Å²) in [5, 5.41) is 0.434. The number of carbonyl (C=O) groups excluding carboxylic acids is 1. The van der Waals surface area contributed by atoms with Crippen LogP contribution in [0.25, 0.3) is 6.08 Å². The van der Waals surface area contributed by atoms with E-state index in [0.29, 0.717) is 55.0 Å². The highest BCUT2D eigenvalue weighted by Gasteiger charge is 2.34. The molecule has 0 spiro atoms. The molecule has 1 aliphatic heterocycles. The van der Waals surface area contributed by atoms with Crippen molar-refractivity contribution in [1.29, 1.82) is 0 Å². The van der Waals surface area contributed by atoms with Crippen molar-refractivity contribution < 1.29 is 23.7 Å². The van der Waals surface area contributed by atoms with Gasteiger partial charge in [-0.05, 0) is 62.2 Å². The molecule has 0 N–H and O–H groups in total. The van der Waals surface area contributed by atoms with E-state index in [1.807, 2.05) is 19.1 Å². The molecule has 0 unspecified atom stereocenters. The number of allylic oxidation sites excluding steroid dienone is 1. The van der Waals surface area contributed by atoms with Gasteiger partial charge in [-0.25, -0.2) is 9.79 Å². The van der Waals surface area contributed by atoms with E-state index in [4.69, 9.17) is 30.5 Å². The van der Waals surface area contributed by atoms with Crippen LogP contribution in [0.4, 0.5) is 0 Å². The average Bonchev–Trinajstić information content (AvgIpc) is 3.17. The Kier molecular flexibility index (Phi) is 8.04. The Morgan fingerprint density at radius 1 is 1.08 bits per heavy atom. The summed E-state index contributed by atoms with van der Waals surface area (Å²) in [5.74, 6) is 1.07. The molecule has 194 valence electrons. The summed E-state index contributed by atoms with van der Waals surface area (Å²) in [6.07, 6.45) is 1.75. The molecule has 0 amide bonds. The first-order chi connectivity index (χ1) is 17.8. The fraction of sp³-hybridized carbons (Fsp3) is 0.296. The van der Waals surface area contributed by atoms with Gasteiger partial charge in [0.2, 0.25) is 0 Å². The van der Waals surface area contributed by atoms with Gasteiger partial charge in [0.1, 0.15) is 5.75 Å². The van der Waals surface area contributed by atoms with E-state index in [-0.39, 0.29) is 12.2 Å². The van der Waals surface area contributed by atoms with E-state index in [9.17, 15) is 9.59 Å². The topological polar surface area (TPSA) is 88.4 Å². The van der Waals surface area contributed by atoms with Crippen LogP contribution in [-0.4, -0.2) is 38.0 Å². The molecule has 3 aromatic rings. The van der Waals surface area contributed by atoms with Crippen molar-refractivity contribution in [1.82, 2.24) is 4.57 Å². The van der Waals surface area contributed by atoms with Crippen molar-refractivity contribution in [3.8, 4) is 17.2 Å². The van der Waals surface area contributed by atoms with Gasteiger partial charge in [-0.3, -0.25) is 9.36 Å². The largest absolute Gasteiger partial charge is 0.495 e. The number of carbonyl (C=O) groups is 1. The van der Waals surface area contributed by atoms with Gasteiger partial charge < -0.3 is 18.9 Å². The second kappa shape index (κ2) is 11.2. The van der Waals surface area contributed by atoms with Gasteiger partial charge in [0.05, 0.1) is 54.3 Å². The molecule has 4 rings (SSSR count). The number of hydrogen-bond donors (Lipinski definition) is 0. The predicted molar refractivity (Wildman–Crippen MR) is 143 cm³/mol. The summed E-state index contributed by atoms with van der Waals surface area (Å²) in [6, 6.07) is 9.87. The third-order valence-electron chi connectivity index (χ3n) is 5.79. The number of benzene rings is 2. The minimum absolute atomic E-state index is 0.192. The number of fused-ring (bicyclic) bond motifs is 1. The van der Waals surface area contributed by atoms with Crippen LogP contribution in [0.1, 0.15) is 37.9 Å². The first-order valence-corrected chi connectivity index (χ1v) is 12.9. The molecule has 2 aromatic carbocycles. The van der Waals surface area contributed by atoms with Gasteiger partial charge in [-0.15, -0.1) is 0 Å². The van der Waals surface area contributed by atoms with Crippen molar-refractivity contribution in [2.75, 3.05) is 27.4 Å². The minimum Gasteiger partial charge on any atom is -0.495 e. The van der Waals surface area contributed by atoms with Crippen LogP contribution in [0.3, 0.4) is 0 Å². The number of esters is 1. The zero-order chi connectivity index (χ0) is 26.7. The summed E-state index contributed by atoms with van der Waals surface area (Å²) >= 11 is 7.52. The van der Waals surface area contributed by atoms with Crippen LogP contribution < -0.4 is 29.1 Å². The summed E-state index contributed by atoms with van der Waals surface area (Å²) in [7, 11) is 3.10. The molecule has 0 bridgehead atoms. The molecule has 8 nitrogen and oxygen atoms in total. The lowest BCUT2D eigenvalue weighted by Gasteiger charge is -2.25. The Hall–Kier alpha value is -3.56. The minimum atomic E-state index is -0.762.